The van der Waals surface area contributed by atoms with E-state index >= 15 is 0 Å². The quantitative estimate of drug-likeness (QED) is 0.862. The lowest BCUT2D eigenvalue weighted by molar-refractivity contribution is -0.135. The van der Waals surface area contributed by atoms with Crippen LogP contribution in [0.3, 0.4) is 0 Å². The summed E-state index contributed by atoms with van der Waals surface area (Å²) in [5.41, 5.74) is 1.17. The van der Waals surface area contributed by atoms with Crippen molar-refractivity contribution in [1.29, 1.82) is 0 Å². The normalized spacial score (nSPS) is 20.0. The first-order valence-electron chi connectivity index (χ1n) is 8.27. The molecule has 2 aromatic rings. The van der Waals surface area contributed by atoms with Crippen LogP contribution in [-0.4, -0.2) is 38.4 Å². The topological polar surface area (TPSA) is 51.0 Å². The number of piperidine rings is 1. The van der Waals surface area contributed by atoms with Crippen LogP contribution in [0, 0.1) is 0 Å². The van der Waals surface area contributed by atoms with E-state index in [0.29, 0.717) is 11.8 Å². The highest BCUT2D eigenvalue weighted by molar-refractivity contribution is 7.09. The molecule has 124 valence electrons. The largest absolute Gasteiger partial charge is 0.340 e. The Balaban J connectivity index is 1.69. The van der Waals surface area contributed by atoms with Crippen LogP contribution >= 0.6 is 11.3 Å². The van der Waals surface area contributed by atoms with E-state index in [4.69, 9.17) is 4.98 Å². The SMILES string of the molecule is CC(C)c1csc([C@@H]2CCCN(C(=O)[C@@H](C)n3ccnc3)C2)n1. The molecule has 0 bridgehead atoms. The molecule has 0 radical (unpaired) electrons. The van der Waals surface area contributed by atoms with Gasteiger partial charge in [0.15, 0.2) is 0 Å². The van der Waals surface area contributed by atoms with Crippen LogP contribution in [0.2, 0.25) is 0 Å². The second-order valence-corrected chi connectivity index (χ2v) is 7.46. The Morgan fingerprint density at radius 1 is 1.39 bits per heavy atom. The van der Waals surface area contributed by atoms with Gasteiger partial charge in [0, 0.05) is 36.8 Å². The molecule has 6 heteroatoms. The van der Waals surface area contributed by atoms with Crippen molar-refractivity contribution in [2.24, 2.45) is 0 Å². The minimum Gasteiger partial charge on any atom is -0.340 e. The first-order chi connectivity index (χ1) is 11.1. The number of carbonyl (C=O) groups is 1. The van der Waals surface area contributed by atoms with Gasteiger partial charge < -0.3 is 9.47 Å². The van der Waals surface area contributed by atoms with Gasteiger partial charge in [0.05, 0.1) is 17.0 Å². The molecular formula is C17H24N4OS. The molecule has 1 fully saturated rings. The van der Waals surface area contributed by atoms with Crippen LogP contribution in [0.25, 0.3) is 0 Å². The molecule has 0 saturated carbocycles. The minimum atomic E-state index is -0.196. The molecule has 0 aliphatic carbocycles. The predicted molar refractivity (Wildman–Crippen MR) is 91.7 cm³/mol. The van der Waals surface area contributed by atoms with Crippen molar-refractivity contribution in [2.45, 2.75) is 51.5 Å². The third kappa shape index (κ3) is 3.47. The fourth-order valence-corrected chi connectivity index (χ4v) is 4.13. The van der Waals surface area contributed by atoms with Gasteiger partial charge in [-0.15, -0.1) is 11.3 Å². The summed E-state index contributed by atoms with van der Waals surface area (Å²) in [6.45, 7) is 7.90. The number of nitrogens with zero attached hydrogens (tertiary/aromatic N) is 4. The van der Waals surface area contributed by atoms with Gasteiger partial charge in [0.1, 0.15) is 6.04 Å². The fourth-order valence-electron chi connectivity index (χ4n) is 3.02. The number of thiazole rings is 1. The standard InChI is InChI=1S/C17H24N4OS/c1-12(2)15-10-23-16(19-15)14-5-4-7-20(9-14)17(22)13(3)21-8-6-18-11-21/h6,8,10-14H,4-5,7,9H2,1-3H3/t13-,14-/m1/s1. The third-order valence-electron chi connectivity index (χ3n) is 4.54. The van der Waals surface area contributed by atoms with Crippen molar-refractivity contribution >= 4 is 17.2 Å². The van der Waals surface area contributed by atoms with E-state index in [1.807, 2.05) is 22.6 Å². The van der Waals surface area contributed by atoms with Gasteiger partial charge in [-0.25, -0.2) is 9.97 Å². The number of likely N-dealkylation sites (tertiary alicyclic amines) is 1. The van der Waals surface area contributed by atoms with E-state index in [-0.39, 0.29) is 11.9 Å². The van der Waals surface area contributed by atoms with E-state index in [1.165, 1.54) is 10.7 Å². The lowest BCUT2D eigenvalue weighted by Gasteiger charge is -2.33. The van der Waals surface area contributed by atoms with Gasteiger partial charge in [-0.1, -0.05) is 13.8 Å². The molecular weight excluding hydrogens is 308 g/mol. The zero-order valence-corrected chi connectivity index (χ0v) is 14.8. The van der Waals surface area contributed by atoms with Crippen LogP contribution < -0.4 is 0 Å². The van der Waals surface area contributed by atoms with Crippen LogP contribution in [0.1, 0.15) is 62.2 Å². The molecule has 0 spiro atoms. The Hall–Kier alpha value is -1.69. The van der Waals surface area contributed by atoms with Crippen molar-refractivity contribution in [3.8, 4) is 0 Å². The molecule has 0 unspecified atom stereocenters. The Morgan fingerprint density at radius 2 is 2.22 bits per heavy atom. The Bertz CT molecular complexity index is 649. The van der Waals surface area contributed by atoms with E-state index in [0.717, 1.165) is 25.9 Å². The molecule has 2 atom stereocenters. The third-order valence-corrected chi connectivity index (χ3v) is 5.57. The maximum atomic E-state index is 12.7. The number of rotatable bonds is 4. The van der Waals surface area contributed by atoms with Crippen molar-refractivity contribution in [2.75, 3.05) is 13.1 Å². The maximum absolute atomic E-state index is 12.7. The van der Waals surface area contributed by atoms with Gasteiger partial charge in [0.25, 0.3) is 0 Å². The Morgan fingerprint density at radius 3 is 2.87 bits per heavy atom. The number of amides is 1. The van der Waals surface area contributed by atoms with E-state index in [9.17, 15) is 4.79 Å². The molecule has 1 aliphatic rings. The molecule has 3 heterocycles. The molecule has 3 rings (SSSR count). The first-order valence-corrected chi connectivity index (χ1v) is 9.15. The summed E-state index contributed by atoms with van der Waals surface area (Å²) < 4.78 is 1.87. The van der Waals surface area contributed by atoms with Crippen molar-refractivity contribution in [3.63, 3.8) is 0 Å². The average molecular weight is 332 g/mol. The summed E-state index contributed by atoms with van der Waals surface area (Å²) in [6, 6.07) is -0.196. The number of carbonyl (C=O) groups excluding carboxylic acids is 1. The number of imidazole rings is 1. The molecule has 0 N–H and O–H groups in total. The van der Waals surface area contributed by atoms with Crippen molar-refractivity contribution in [3.05, 3.63) is 34.8 Å². The van der Waals surface area contributed by atoms with Crippen molar-refractivity contribution < 1.29 is 4.79 Å². The fraction of sp³-hybridized carbons (Fsp3) is 0.588. The van der Waals surface area contributed by atoms with Crippen LogP contribution in [0.15, 0.2) is 24.1 Å². The lowest BCUT2D eigenvalue weighted by Crippen LogP contribution is -2.42. The summed E-state index contributed by atoms with van der Waals surface area (Å²) in [6.07, 6.45) is 7.43. The Kier molecular flexibility index (Phi) is 4.80. The molecule has 1 amide bonds. The highest BCUT2D eigenvalue weighted by Gasteiger charge is 2.29. The molecule has 0 aromatic carbocycles. The number of aromatic nitrogens is 3. The lowest BCUT2D eigenvalue weighted by atomic mass is 9.98. The van der Waals surface area contributed by atoms with E-state index in [1.54, 1.807) is 23.9 Å². The average Bonchev–Trinajstić information content (AvgIpc) is 3.25. The molecule has 1 aliphatic heterocycles. The minimum absolute atomic E-state index is 0.174. The summed E-state index contributed by atoms with van der Waals surface area (Å²) in [7, 11) is 0. The smallest absolute Gasteiger partial charge is 0.245 e. The summed E-state index contributed by atoms with van der Waals surface area (Å²) in [5, 5.41) is 3.34. The Labute approximate surface area is 141 Å². The van der Waals surface area contributed by atoms with Crippen LogP contribution in [-0.2, 0) is 4.79 Å². The van der Waals surface area contributed by atoms with Crippen molar-refractivity contribution in [1.82, 2.24) is 19.4 Å². The summed E-state index contributed by atoms with van der Waals surface area (Å²) in [5.74, 6) is 1.01. The number of hydrogen-bond donors (Lipinski definition) is 0. The second kappa shape index (κ2) is 6.83. The summed E-state index contributed by atoms with van der Waals surface area (Å²) >= 11 is 1.74. The molecule has 5 nitrogen and oxygen atoms in total. The van der Waals surface area contributed by atoms with Gasteiger partial charge in [-0.3, -0.25) is 4.79 Å². The monoisotopic (exact) mass is 332 g/mol. The maximum Gasteiger partial charge on any atom is 0.245 e. The van der Waals surface area contributed by atoms with Crippen LogP contribution in [0.4, 0.5) is 0 Å². The van der Waals surface area contributed by atoms with E-state index in [2.05, 4.69) is 24.2 Å². The summed E-state index contributed by atoms with van der Waals surface area (Å²) in [4.78, 5) is 23.6. The number of hydrogen-bond acceptors (Lipinski definition) is 4. The zero-order valence-electron chi connectivity index (χ0n) is 14.0. The first kappa shape index (κ1) is 16.2. The van der Waals surface area contributed by atoms with E-state index < -0.39 is 0 Å². The highest BCUT2D eigenvalue weighted by atomic mass is 32.1. The molecule has 23 heavy (non-hydrogen) atoms. The van der Waals surface area contributed by atoms with Gasteiger partial charge in [-0.05, 0) is 25.7 Å². The van der Waals surface area contributed by atoms with Gasteiger partial charge in [0.2, 0.25) is 5.91 Å². The molecule has 2 aromatic heterocycles. The van der Waals surface area contributed by atoms with Crippen LogP contribution in [0.5, 0.6) is 0 Å². The molecule has 1 saturated heterocycles. The van der Waals surface area contributed by atoms with Gasteiger partial charge in [-0.2, -0.15) is 0 Å². The second-order valence-electron chi connectivity index (χ2n) is 6.57. The van der Waals surface area contributed by atoms with Gasteiger partial charge >= 0.3 is 0 Å². The highest BCUT2D eigenvalue weighted by Crippen LogP contribution is 2.31. The zero-order chi connectivity index (χ0) is 16.4. The predicted octanol–water partition coefficient (Wildman–Crippen LogP) is 3.43.